The third kappa shape index (κ3) is 3.59. The van der Waals surface area contributed by atoms with Crippen LogP contribution in [0, 0.1) is 0 Å². The Morgan fingerprint density at radius 2 is 1.89 bits per heavy atom. The van der Waals surface area contributed by atoms with Crippen LogP contribution in [0.5, 0.6) is 0 Å². The molecule has 2 N–H and O–H groups in total. The Balaban J connectivity index is 2.12. The minimum absolute atomic E-state index is 0.0784. The lowest BCUT2D eigenvalue weighted by atomic mass is 10.2. The van der Waals surface area contributed by atoms with Crippen LogP contribution < -0.4 is 10.6 Å². The van der Waals surface area contributed by atoms with Crippen molar-refractivity contribution >= 4 is 11.4 Å². The van der Waals surface area contributed by atoms with E-state index in [1.165, 1.54) is 0 Å². The van der Waals surface area contributed by atoms with Gasteiger partial charge in [-0.25, -0.2) is 0 Å². The van der Waals surface area contributed by atoms with Gasteiger partial charge in [0.05, 0.1) is 13.2 Å². The topological polar surface area (TPSA) is 57.0 Å². The summed E-state index contributed by atoms with van der Waals surface area (Å²) in [7, 11) is 0. The molecule has 0 saturated carbocycles. The first-order valence-electron chi connectivity index (χ1n) is 6.71. The molecule has 0 aromatic heterocycles. The second kappa shape index (κ2) is 6.75. The molecule has 0 unspecified atom stereocenters. The molecule has 1 aromatic carbocycles. The maximum atomic E-state index is 5.73. The van der Waals surface area contributed by atoms with Gasteiger partial charge in [-0.05, 0) is 38.1 Å². The van der Waals surface area contributed by atoms with Crippen molar-refractivity contribution in [2.75, 3.05) is 37.0 Å². The third-order valence-corrected chi connectivity index (χ3v) is 3.05. The van der Waals surface area contributed by atoms with Crippen LogP contribution in [0.4, 0.5) is 11.4 Å². The van der Waals surface area contributed by atoms with Crippen LogP contribution >= 0.6 is 0 Å². The number of anilines is 2. The zero-order valence-corrected chi connectivity index (χ0v) is 11.5. The molecule has 1 aliphatic heterocycles. The number of morpholine rings is 1. The normalized spacial score (nSPS) is 23.6. The molecule has 106 valence electrons. The summed E-state index contributed by atoms with van der Waals surface area (Å²) in [5.74, 6) is 0. The van der Waals surface area contributed by atoms with E-state index in [4.69, 9.17) is 19.9 Å². The van der Waals surface area contributed by atoms with E-state index in [2.05, 4.69) is 4.90 Å². The van der Waals surface area contributed by atoms with Crippen LogP contribution in [-0.4, -0.2) is 38.9 Å². The van der Waals surface area contributed by atoms with Crippen LogP contribution in [0.3, 0.4) is 0 Å². The second-order valence-corrected chi connectivity index (χ2v) is 4.37. The number of nitrogens with zero attached hydrogens (tertiary/aromatic N) is 1. The van der Waals surface area contributed by atoms with Gasteiger partial charge in [-0.1, -0.05) is 0 Å². The van der Waals surface area contributed by atoms with Gasteiger partial charge in [0, 0.05) is 24.6 Å². The molecule has 1 saturated heterocycles. The highest BCUT2D eigenvalue weighted by molar-refractivity contribution is 5.53. The fourth-order valence-corrected chi connectivity index (χ4v) is 2.17. The van der Waals surface area contributed by atoms with Gasteiger partial charge in [0.15, 0.2) is 12.5 Å². The van der Waals surface area contributed by atoms with E-state index in [1.54, 1.807) is 0 Å². The lowest BCUT2D eigenvalue weighted by Gasteiger charge is -2.40. The number of nitrogens with two attached hydrogens (primary N) is 1. The Morgan fingerprint density at radius 1 is 1.21 bits per heavy atom. The van der Waals surface area contributed by atoms with Crippen LogP contribution in [-0.2, 0) is 14.2 Å². The van der Waals surface area contributed by atoms with Crippen molar-refractivity contribution in [3.8, 4) is 0 Å². The quantitative estimate of drug-likeness (QED) is 0.824. The lowest BCUT2D eigenvalue weighted by molar-refractivity contribution is -0.179. The molecule has 0 spiro atoms. The van der Waals surface area contributed by atoms with Gasteiger partial charge in [-0.3, -0.25) is 0 Å². The fourth-order valence-electron chi connectivity index (χ4n) is 2.17. The molecule has 1 aromatic rings. The summed E-state index contributed by atoms with van der Waals surface area (Å²) in [5, 5.41) is 0. The van der Waals surface area contributed by atoms with Crippen LogP contribution in [0.1, 0.15) is 13.8 Å². The maximum Gasteiger partial charge on any atom is 0.175 e. The number of hydrogen-bond acceptors (Lipinski definition) is 5. The first-order valence-corrected chi connectivity index (χ1v) is 6.71. The van der Waals surface area contributed by atoms with Crippen molar-refractivity contribution < 1.29 is 14.2 Å². The molecule has 1 aliphatic rings. The molecule has 5 heteroatoms. The highest BCUT2D eigenvalue weighted by Crippen LogP contribution is 2.24. The number of benzene rings is 1. The maximum absolute atomic E-state index is 5.73. The van der Waals surface area contributed by atoms with Crippen molar-refractivity contribution in [2.45, 2.75) is 26.4 Å². The van der Waals surface area contributed by atoms with E-state index < -0.39 is 0 Å². The van der Waals surface area contributed by atoms with Crippen molar-refractivity contribution in [1.82, 2.24) is 0 Å². The predicted molar refractivity (Wildman–Crippen MR) is 75.0 cm³/mol. The summed E-state index contributed by atoms with van der Waals surface area (Å²) in [4.78, 5) is 2.16. The summed E-state index contributed by atoms with van der Waals surface area (Å²) < 4.78 is 16.9. The molecule has 5 nitrogen and oxygen atoms in total. The molecule has 0 radical (unpaired) electrons. The summed E-state index contributed by atoms with van der Waals surface area (Å²) in [6, 6.07) is 7.78. The zero-order chi connectivity index (χ0) is 13.7. The molecule has 0 amide bonds. The van der Waals surface area contributed by atoms with E-state index in [0.717, 1.165) is 11.4 Å². The summed E-state index contributed by atoms with van der Waals surface area (Å²) in [5.41, 5.74) is 7.55. The van der Waals surface area contributed by atoms with Gasteiger partial charge in [-0.2, -0.15) is 0 Å². The minimum atomic E-state index is -0.209. The standard InChI is InChI=1S/C14H22N2O3/c1-3-17-13-10-19-14(18-4-2)9-16(13)12-7-5-11(15)6-8-12/h5-8,13-14H,3-4,9-10,15H2,1-2H3/t13-,14-/m0/s1. The molecule has 0 aliphatic carbocycles. The van der Waals surface area contributed by atoms with Gasteiger partial charge in [0.2, 0.25) is 0 Å². The monoisotopic (exact) mass is 266 g/mol. The van der Waals surface area contributed by atoms with Gasteiger partial charge in [0.1, 0.15) is 0 Å². The van der Waals surface area contributed by atoms with Crippen LogP contribution in [0.2, 0.25) is 0 Å². The Kier molecular flexibility index (Phi) is 5.01. The van der Waals surface area contributed by atoms with E-state index in [1.807, 2.05) is 38.1 Å². The van der Waals surface area contributed by atoms with Gasteiger partial charge in [0.25, 0.3) is 0 Å². The summed E-state index contributed by atoms with van der Waals surface area (Å²) in [6.07, 6.45) is -0.287. The van der Waals surface area contributed by atoms with Crippen molar-refractivity contribution in [3.63, 3.8) is 0 Å². The van der Waals surface area contributed by atoms with Crippen molar-refractivity contribution in [2.24, 2.45) is 0 Å². The molecule has 2 rings (SSSR count). The van der Waals surface area contributed by atoms with E-state index in [9.17, 15) is 0 Å². The minimum Gasteiger partial charge on any atom is -0.399 e. The molecular weight excluding hydrogens is 244 g/mol. The second-order valence-electron chi connectivity index (χ2n) is 4.37. The first-order chi connectivity index (χ1) is 9.24. The van der Waals surface area contributed by atoms with Gasteiger partial charge < -0.3 is 24.8 Å². The molecule has 0 bridgehead atoms. The largest absolute Gasteiger partial charge is 0.399 e. The van der Waals surface area contributed by atoms with Crippen molar-refractivity contribution in [3.05, 3.63) is 24.3 Å². The first kappa shape index (κ1) is 14.1. The lowest BCUT2D eigenvalue weighted by Crippen LogP contribution is -2.52. The molecular formula is C14H22N2O3. The van der Waals surface area contributed by atoms with E-state index in [0.29, 0.717) is 26.4 Å². The van der Waals surface area contributed by atoms with E-state index in [-0.39, 0.29) is 12.5 Å². The molecule has 1 fully saturated rings. The number of ether oxygens (including phenoxy) is 3. The number of hydrogen-bond donors (Lipinski definition) is 1. The smallest absolute Gasteiger partial charge is 0.175 e. The fraction of sp³-hybridized carbons (Fsp3) is 0.571. The Hall–Kier alpha value is -1.30. The highest BCUT2D eigenvalue weighted by atomic mass is 16.7. The van der Waals surface area contributed by atoms with E-state index >= 15 is 0 Å². The third-order valence-electron chi connectivity index (χ3n) is 3.05. The van der Waals surface area contributed by atoms with Crippen LogP contribution in [0.25, 0.3) is 0 Å². The Labute approximate surface area is 114 Å². The van der Waals surface area contributed by atoms with Gasteiger partial charge in [-0.15, -0.1) is 0 Å². The summed E-state index contributed by atoms with van der Waals surface area (Å²) >= 11 is 0. The molecule has 2 atom stereocenters. The van der Waals surface area contributed by atoms with Crippen LogP contribution in [0.15, 0.2) is 24.3 Å². The van der Waals surface area contributed by atoms with Crippen molar-refractivity contribution in [1.29, 1.82) is 0 Å². The SMILES string of the molecule is CCO[C@@H]1CN(c2ccc(N)cc2)[C@@H](OCC)CO1. The zero-order valence-electron chi connectivity index (χ0n) is 11.5. The summed E-state index contributed by atoms with van der Waals surface area (Å²) in [6.45, 7) is 6.39. The molecule has 1 heterocycles. The Morgan fingerprint density at radius 3 is 2.53 bits per heavy atom. The highest BCUT2D eigenvalue weighted by Gasteiger charge is 2.29. The number of nitrogen functional groups attached to an aromatic ring is 1. The molecule has 19 heavy (non-hydrogen) atoms. The average Bonchev–Trinajstić information content (AvgIpc) is 2.42. The number of rotatable bonds is 5. The average molecular weight is 266 g/mol. The Bertz CT molecular complexity index is 383. The van der Waals surface area contributed by atoms with Gasteiger partial charge >= 0.3 is 0 Å². The predicted octanol–water partition coefficient (Wildman–Crippen LogP) is 1.83.